The van der Waals surface area contributed by atoms with E-state index in [0.29, 0.717) is 12.0 Å². The van der Waals surface area contributed by atoms with Gasteiger partial charge in [0.25, 0.3) is 0 Å². The number of unbranched alkanes of at least 4 members (excludes halogenated alkanes) is 21. The molecule has 0 spiro atoms. The van der Waals surface area contributed by atoms with Crippen molar-refractivity contribution in [2.45, 2.75) is 168 Å². The highest BCUT2D eigenvalue weighted by Gasteiger charge is 2.37. The number of carbonyl (C=O) groups is 2. The van der Waals surface area contributed by atoms with Crippen LogP contribution in [0, 0.1) is 0 Å². The number of nitrogens with zero attached hydrogens (tertiary/aromatic N) is 2. The van der Waals surface area contributed by atoms with Gasteiger partial charge in [0.05, 0.1) is 32.1 Å². The number of hydrogen-bond donors (Lipinski definition) is 1. The molecule has 0 unspecified atom stereocenters. The van der Waals surface area contributed by atoms with Crippen molar-refractivity contribution in [2.24, 2.45) is 0 Å². The van der Waals surface area contributed by atoms with Gasteiger partial charge in [-0.25, -0.2) is 0 Å². The molecule has 2 bridgehead atoms. The number of carboxylic acid groups (broad SMARTS) is 1. The monoisotopic (exact) mass is 657 g/mol. The summed E-state index contributed by atoms with van der Waals surface area (Å²) in [6.45, 7) is 14.4. The Kier molecular flexibility index (Phi) is 22.8. The summed E-state index contributed by atoms with van der Waals surface area (Å²) >= 11 is 0. The Morgan fingerprint density at radius 1 is 0.638 bits per heavy atom. The Morgan fingerprint density at radius 3 is 1.47 bits per heavy atom. The molecule has 3 aliphatic heterocycles. The largest absolute Gasteiger partial charge is 0.545 e. The van der Waals surface area contributed by atoms with E-state index in [-0.39, 0.29) is 17.1 Å². The normalized spacial score (nSPS) is 18.6. The van der Waals surface area contributed by atoms with Gasteiger partial charge in [-0.05, 0) is 37.5 Å². The molecule has 1 aromatic rings. The van der Waals surface area contributed by atoms with Crippen molar-refractivity contribution in [3.63, 3.8) is 0 Å². The number of aromatic carboxylic acids is 1. The second-order valence-corrected chi connectivity index (χ2v) is 14.7. The molecular weight excluding hydrogens is 584 g/mol. The number of Topliss-reactive ketones (excluding diaryl/α,β-unsaturated/α-hetero) is 1. The van der Waals surface area contributed by atoms with Gasteiger partial charge >= 0.3 is 0 Å². The van der Waals surface area contributed by atoms with Crippen LogP contribution in [0.4, 0.5) is 0 Å². The molecule has 0 amide bonds. The highest BCUT2D eigenvalue weighted by molar-refractivity contribution is 5.99. The van der Waals surface area contributed by atoms with E-state index in [1.165, 1.54) is 197 Å². The Hall–Kier alpha value is -1.92. The van der Waals surface area contributed by atoms with Gasteiger partial charge in [-0.3, -0.25) is 9.69 Å². The first-order valence-corrected chi connectivity index (χ1v) is 20.1. The molecule has 0 saturated carbocycles. The predicted molar refractivity (Wildman–Crippen MR) is 195 cm³/mol. The second kappa shape index (κ2) is 26.0. The van der Waals surface area contributed by atoms with E-state index in [9.17, 15) is 19.8 Å². The van der Waals surface area contributed by atoms with Crippen LogP contribution in [0.1, 0.15) is 189 Å². The number of phenols is 1. The van der Waals surface area contributed by atoms with Crippen molar-refractivity contribution in [3.05, 3.63) is 29.3 Å². The highest BCUT2D eigenvalue weighted by atomic mass is 16.4. The van der Waals surface area contributed by atoms with Crippen LogP contribution in [-0.4, -0.2) is 72.1 Å². The number of carboxylic acids is 1. The van der Waals surface area contributed by atoms with Gasteiger partial charge < -0.3 is 19.5 Å². The van der Waals surface area contributed by atoms with Crippen molar-refractivity contribution >= 4 is 11.8 Å². The van der Waals surface area contributed by atoms with Crippen LogP contribution < -0.4 is 5.11 Å². The number of rotatable bonds is 27. The van der Waals surface area contributed by atoms with Gasteiger partial charge in [0.15, 0.2) is 5.78 Å². The zero-order valence-corrected chi connectivity index (χ0v) is 30.7. The summed E-state index contributed by atoms with van der Waals surface area (Å²) < 4.78 is 1.47. The SMILES string of the molecule is CCCCCCCCCCCC(=O)c1ccc(O)c(C(=O)[O-])c1.CCCCCCCCCCCCCCCC[N+]12CCN(CC1)CC2. The van der Waals surface area contributed by atoms with Crippen molar-refractivity contribution in [1.82, 2.24) is 4.90 Å². The van der Waals surface area contributed by atoms with Gasteiger partial charge in [-0.15, -0.1) is 0 Å². The molecule has 3 aliphatic rings. The zero-order valence-electron chi connectivity index (χ0n) is 30.7. The number of ketones is 1. The third-order valence-electron chi connectivity index (χ3n) is 10.7. The number of benzene rings is 1. The van der Waals surface area contributed by atoms with E-state index >= 15 is 0 Å². The van der Waals surface area contributed by atoms with Crippen LogP contribution in [0.3, 0.4) is 0 Å². The third kappa shape index (κ3) is 18.4. The van der Waals surface area contributed by atoms with E-state index in [1.54, 1.807) is 0 Å². The molecule has 0 aliphatic carbocycles. The first-order chi connectivity index (χ1) is 22.9. The quantitative estimate of drug-likeness (QED) is 0.0580. The Labute approximate surface area is 289 Å². The van der Waals surface area contributed by atoms with Gasteiger partial charge in [-0.2, -0.15) is 0 Å². The van der Waals surface area contributed by atoms with E-state index < -0.39 is 5.97 Å². The molecular formula is C41H72N2O4. The van der Waals surface area contributed by atoms with E-state index in [4.69, 9.17) is 0 Å². The maximum absolute atomic E-state index is 12.0. The summed E-state index contributed by atoms with van der Waals surface area (Å²) in [6, 6.07) is 3.88. The summed E-state index contributed by atoms with van der Waals surface area (Å²) in [4.78, 5) is 25.5. The lowest BCUT2D eigenvalue weighted by atomic mass is 10.0. The maximum Gasteiger partial charge on any atom is 0.162 e. The summed E-state index contributed by atoms with van der Waals surface area (Å²) in [6.07, 6.45) is 31.7. The molecule has 3 fully saturated rings. The molecule has 3 heterocycles. The molecule has 1 aromatic carbocycles. The first kappa shape index (κ1) is 41.3. The molecule has 1 N–H and O–H groups in total. The van der Waals surface area contributed by atoms with E-state index in [2.05, 4.69) is 18.7 Å². The molecule has 0 radical (unpaired) electrons. The smallest absolute Gasteiger partial charge is 0.162 e. The minimum atomic E-state index is -1.47. The third-order valence-corrected chi connectivity index (χ3v) is 10.7. The summed E-state index contributed by atoms with van der Waals surface area (Å²) in [7, 11) is 0. The standard InChI is InChI=1S/C22H45N2.C19H28O4/c1-2-3-4-5-6-7-8-9-10-11-12-13-14-15-19-24-20-16-23(17-21-24)18-22-24;1-2-3-4-5-6-7-8-9-10-11-17(20)15-12-13-18(21)16(14-15)19(22)23/h2-22H2,1H3;12-14,21H,2-11H2,1H3,(H,22,23)/q+1;/p-1. The minimum Gasteiger partial charge on any atom is -0.545 e. The minimum absolute atomic E-state index is 0.0876. The van der Waals surface area contributed by atoms with Crippen LogP contribution >= 0.6 is 0 Å². The van der Waals surface area contributed by atoms with Gasteiger partial charge in [0.2, 0.25) is 0 Å². The maximum atomic E-state index is 12.0. The van der Waals surface area contributed by atoms with E-state index in [0.717, 1.165) is 19.3 Å². The number of quaternary nitrogens is 1. The molecule has 3 saturated heterocycles. The van der Waals surface area contributed by atoms with E-state index in [1.807, 2.05) is 0 Å². The van der Waals surface area contributed by atoms with Gasteiger partial charge in [-0.1, -0.05) is 142 Å². The van der Waals surface area contributed by atoms with Crippen molar-refractivity contribution in [3.8, 4) is 5.75 Å². The number of aromatic hydroxyl groups is 1. The Morgan fingerprint density at radius 2 is 1.04 bits per heavy atom. The average Bonchev–Trinajstić information content (AvgIpc) is 3.08. The fraction of sp³-hybridized carbons (Fsp3) is 0.805. The van der Waals surface area contributed by atoms with Crippen molar-refractivity contribution in [1.29, 1.82) is 0 Å². The summed E-state index contributed by atoms with van der Waals surface area (Å²) in [5.74, 6) is -1.93. The van der Waals surface area contributed by atoms with Crippen LogP contribution in [-0.2, 0) is 0 Å². The van der Waals surface area contributed by atoms with Crippen LogP contribution in [0.25, 0.3) is 0 Å². The van der Waals surface area contributed by atoms with Crippen molar-refractivity contribution < 1.29 is 24.3 Å². The molecule has 6 heteroatoms. The average molecular weight is 657 g/mol. The second-order valence-electron chi connectivity index (χ2n) is 14.7. The number of piperazine rings is 3. The molecule has 6 nitrogen and oxygen atoms in total. The summed E-state index contributed by atoms with van der Waals surface area (Å²) in [5.41, 5.74) is -0.00973. The Balaban J connectivity index is 0.000000327. The molecule has 47 heavy (non-hydrogen) atoms. The number of fused-ring (bicyclic) bond motifs is 3. The van der Waals surface area contributed by atoms with Gasteiger partial charge in [0, 0.05) is 37.2 Å². The lowest BCUT2D eigenvalue weighted by Crippen LogP contribution is -2.67. The molecule has 0 atom stereocenters. The topological polar surface area (TPSA) is 80.7 Å². The molecule has 0 aromatic heterocycles. The number of carbonyl (C=O) groups excluding carboxylic acids is 2. The lowest BCUT2D eigenvalue weighted by Gasteiger charge is -2.50. The number of hydrogen-bond acceptors (Lipinski definition) is 5. The van der Waals surface area contributed by atoms with Crippen molar-refractivity contribution in [2.75, 3.05) is 45.8 Å². The van der Waals surface area contributed by atoms with Crippen LogP contribution in [0.2, 0.25) is 0 Å². The predicted octanol–water partition coefficient (Wildman–Crippen LogP) is 9.47. The molecule has 270 valence electrons. The van der Waals surface area contributed by atoms with Gasteiger partial charge in [0.1, 0.15) is 5.75 Å². The fourth-order valence-corrected chi connectivity index (χ4v) is 7.32. The zero-order chi connectivity index (χ0) is 34.0. The molecule has 4 rings (SSSR count). The van der Waals surface area contributed by atoms with Crippen LogP contribution in [0.15, 0.2) is 18.2 Å². The van der Waals surface area contributed by atoms with Crippen LogP contribution in [0.5, 0.6) is 5.75 Å². The summed E-state index contributed by atoms with van der Waals surface area (Å²) in [5, 5.41) is 20.2. The highest BCUT2D eigenvalue weighted by Crippen LogP contribution is 2.22. The fourth-order valence-electron chi connectivity index (χ4n) is 7.32. The first-order valence-electron chi connectivity index (χ1n) is 20.1. The lowest BCUT2D eigenvalue weighted by molar-refractivity contribution is -0.941. The Bertz CT molecular complexity index is 943.